The van der Waals surface area contributed by atoms with Gasteiger partial charge in [0.2, 0.25) is 5.91 Å². The number of hydrogen-bond acceptors (Lipinski definition) is 6. The lowest BCUT2D eigenvalue weighted by Gasteiger charge is -2.03. The van der Waals surface area contributed by atoms with Gasteiger partial charge in [0.05, 0.1) is 24.0 Å². The molecule has 0 aliphatic rings. The third-order valence-corrected chi connectivity index (χ3v) is 4.59. The lowest BCUT2D eigenvalue weighted by Crippen LogP contribution is -2.19. The summed E-state index contributed by atoms with van der Waals surface area (Å²) in [6.45, 7) is 0. The highest BCUT2D eigenvalue weighted by Crippen LogP contribution is 2.20. The van der Waals surface area contributed by atoms with Crippen LogP contribution in [0.25, 0.3) is 0 Å². The smallest absolute Gasteiger partial charge is 0.270 e. The number of nitro benzene ring substituents is 1. The molecule has 2 aromatic carbocycles. The van der Waals surface area contributed by atoms with E-state index in [0.29, 0.717) is 16.3 Å². The maximum atomic E-state index is 11.8. The van der Waals surface area contributed by atoms with E-state index in [1.54, 1.807) is 7.11 Å². The van der Waals surface area contributed by atoms with Crippen LogP contribution in [0.3, 0.4) is 0 Å². The van der Waals surface area contributed by atoms with Crippen molar-refractivity contribution in [2.75, 3.05) is 12.9 Å². The third-order valence-electron chi connectivity index (χ3n) is 3.24. The fraction of sp³-hybridized carbons (Fsp3) is 0.176. The Kier molecular flexibility index (Phi) is 7.43. The van der Waals surface area contributed by atoms with Gasteiger partial charge in [0, 0.05) is 28.5 Å². The lowest BCUT2D eigenvalue weighted by atomic mass is 10.2. The van der Waals surface area contributed by atoms with E-state index in [9.17, 15) is 14.9 Å². The Labute approximate surface area is 159 Å². The molecule has 0 bridgehead atoms. The van der Waals surface area contributed by atoms with Crippen LogP contribution in [0, 0.1) is 10.1 Å². The number of carbonyl (C=O) groups excluding carboxylic acids is 1. The van der Waals surface area contributed by atoms with E-state index in [1.807, 2.05) is 24.3 Å². The lowest BCUT2D eigenvalue weighted by molar-refractivity contribution is -0.384. The van der Waals surface area contributed by atoms with E-state index in [1.165, 1.54) is 36.2 Å². The first kappa shape index (κ1) is 19.7. The molecule has 2 rings (SSSR count). The van der Waals surface area contributed by atoms with Crippen LogP contribution in [0.1, 0.15) is 11.1 Å². The third kappa shape index (κ3) is 6.05. The first-order chi connectivity index (χ1) is 12.5. The van der Waals surface area contributed by atoms with Crippen LogP contribution in [-0.2, 0) is 10.5 Å². The molecule has 0 saturated heterocycles. The van der Waals surface area contributed by atoms with Gasteiger partial charge in [-0.3, -0.25) is 14.9 Å². The van der Waals surface area contributed by atoms with Crippen LogP contribution >= 0.6 is 23.4 Å². The SMILES string of the molecule is COc1ccc(CSCC(=O)N/N=C\c2cc([N+](=O)[O-])ccc2Cl)cc1. The van der Waals surface area contributed by atoms with E-state index in [-0.39, 0.29) is 17.3 Å². The molecule has 1 amide bonds. The van der Waals surface area contributed by atoms with Crippen molar-refractivity contribution in [1.82, 2.24) is 5.43 Å². The summed E-state index contributed by atoms with van der Waals surface area (Å²) >= 11 is 7.39. The van der Waals surface area contributed by atoms with Crippen molar-refractivity contribution in [2.45, 2.75) is 5.75 Å². The zero-order valence-electron chi connectivity index (χ0n) is 13.8. The molecule has 0 unspecified atom stereocenters. The normalized spacial score (nSPS) is 10.7. The molecular formula is C17H16ClN3O4S. The first-order valence-electron chi connectivity index (χ1n) is 7.46. The molecular weight excluding hydrogens is 378 g/mol. The number of hydrazone groups is 1. The summed E-state index contributed by atoms with van der Waals surface area (Å²) in [5.74, 6) is 1.41. The topological polar surface area (TPSA) is 93.8 Å². The van der Waals surface area contributed by atoms with Crippen LogP contribution in [0.5, 0.6) is 5.75 Å². The molecule has 0 aromatic heterocycles. The highest BCUT2D eigenvalue weighted by Gasteiger charge is 2.08. The summed E-state index contributed by atoms with van der Waals surface area (Å²) in [6, 6.07) is 11.6. The zero-order valence-corrected chi connectivity index (χ0v) is 15.4. The standard InChI is InChI=1S/C17H16ClN3O4S/c1-25-15-5-2-12(3-6-15)10-26-11-17(22)20-19-9-13-8-14(21(23)24)4-7-16(13)18/h2-9H,10-11H2,1H3,(H,20,22)/b19-9-. The fourth-order valence-electron chi connectivity index (χ4n) is 1.93. The second kappa shape index (κ2) is 9.79. The molecule has 136 valence electrons. The molecule has 2 aromatic rings. The average molecular weight is 394 g/mol. The van der Waals surface area contributed by atoms with Crippen LogP contribution in [0.2, 0.25) is 5.02 Å². The fourth-order valence-corrected chi connectivity index (χ4v) is 2.88. The van der Waals surface area contributed by atoms with Crippen molar-refractivity contribution >= 4 is 41.2 Å². The molecule has 7 nitrogen and oxygen atoms in total. The quantitative estimate of drug-likeness (QED) is 0.419. The van der Waals surface area contributed by atoms with Crippen molar-refractivity contribution in [2.24, 2.45) is 5.10 Å². The number of nitro groups is 1. The molecule has 0 heterocycles. The number of non-ortho nitro benzene ring substituents is 1. The van der Waals surface area contributed by atoms with E-state index in [0.717, 1.165) is 11.3 Å². The average Bonchev–Trinajstić information content (AvgIpc) is 2.63. The van der Waals surface area contributed by atoms with Crippen LogP contribution in [0.4, 0.5) is 5.69 Å². The summed E-state index contributed by atoms with van der Waals surface area (Å²) in [5, 5.41) is 14.9. The number of thioether (sulfide) groups is 1. The van der Waals surface area contributed by atoms with E-state index in [4.69, 9.17) is 16.3 Å². The summed E-state index contributed by atoms with van der Waals surface area (Å²) < 4.78 is 5.09. The summed E-state index contributed by atoms with van der Waals surface area (Å²) in [4.78, 5) is 22.0. The zero-order chi connectivity index (χ0) is 18.9. The molecule has 26 heavy (non-hydrogen) atoms. The molecule has 0 aliphatic heterocycles. The minimum atomic E-state index is -0.526. The number of hydrogen-bond donors (Lipinski definition) is 1. The second-order valence-corrected chi connectivity index (χ2v) is 6.49. The van der Waals surface area contributed by atoms with Crippen LogP contribution in [0.15, 0.2) is 47.6 Å². The highest BCUT2D eigenvalue weighted by atomic mass is 35.5. The molecule has 0 aliphatic carbocycles. The van der Waals surface area contributed by atoms with Gasteiger partial charge >= 0.3 is 0 Å². The Morgan fingerprint density at radius 2 is 2.08 bits per heavy atom. The van der Waals surface area contributed by atoms with E-state index >= 15 is 0 Å². The van der Waals surface area contributed by atoms with E-state index in [2.05, 4.69) is 10.5 Å². The molecule has 0 fully saturated rings. The number of nitrogens with one attached hydrogen (secondary N) is 1. The minimum absolute atomic E-state index is 0.0998. The first-order valence-corrected chi connectivity index (χ1v) is 8.99. The number of methoxy groups -OCH3 is 1. The number of ether oxygens (including phenoxy) is 1. The molecule has 1 N–H and O–H groups in total. The summed E-state index contributed by atoms with van der Waals surface area (Å²) in [5.41, 5.74) is 3.71. The molecule has 0 saturated carbocycles. The molecule has 0 atom stereocenters. The monoisotopic (exact) mass is 393 g/mol. The van der Waals surface area contributed by atoms with Crippen LogP contribution in [-0.4, -0.2) is 29.9 Å². The van der Waals surface area contributed by atoms with Crippen molar-refractivity contribution < 1.29 is 14.5 Å². The van der Waals surface area contributed by atoms with Gasteiger partial charge < -0.3 is 4.74 Å². The van der Waals surface area contributed by atoms with Crippen molar-refractivity contribution in [3.05, 3.63) is 68.7 Å². The largest absolute Gasteiger partial charge is 0.497 e. The Morgan fingerprint density at radius 1 is 1.35 bits per heavy atom. The molecule has 9 heteroatoms. The number of nitrogens with zero attached hydrogens (tertiary/aromatic N) is 2. The maximum absolute atomic E-state index is 11.8. The van der Waals surface area contributed by atoms with Gasteiger partial charge in [-0.15, -0.1) is 11.8 Å². The van der Waals surface area contributed by atoms with Gasteiger partial charge in [0.25, 0.3) is 5.69 Å². The Hall–Kier alpha value is -2.58. The predicted octanol–water partition coefficient (Wildman–Crippen LogP) is 3.64. The van der Waals surface area contributed by atoms with Gasteiger partial charge in [-0.05, 0) is 23.8 Å². The number of rotatable bonds is 8. The predicted molar refractivity (Wildman–Crippen MR) is 103 cm³/mol. The second-order valence-electron chi connectivity index (χ2n) is 5.10. The number of carbonyl (C=O) groups is 1. The van der Waals surface area contributed by atoms with Gasteiger partial charge in [-0.2, -0.15) is 5.10 Å². The number of amides is 1. The Balaban J connectivity index is 1.80. The van der Waals surface area contributed by atoms with Crippen LogP contribution < -0.4 is 10.2 Å². The van der Waals surface area contributed by atoms with Gasteiger partial charge in [0.1, 0.15) is 5.75 Å². The van der Waals surface area contributed by atoms with Gasteiger partial charge in [0.15, 0.2) is 0 Å². The highest BCUT2D eigenvalue weighted by molar-refractivity contribution is 7.99. The van der Waals surface area contributed by atoms with Crippen molar-refractivity contribution in [3.63, 3.8) is 0 Å². The van der Waals surface area contributed by atoms with Crippen molar-refractivity contribution in [1.29, 1.82) is 0 Å². The van der Waals surface area contributed by atoms with Gasteiger partial charge in [-0.25, -0.2) is 5.43 Å². The molecule has 0 radical (unpaired) electrons. The Bertz CT molecular complexity index is 812. The number of benzene rings is 2. The van der Waals surface area contributed by atoms with E-state index < -0.39 is 4.92 Å². The minimum Gasteiger partial charge on any atom is -0.497 e. The summed E-state index contributed by atoms with van der Waals surface area (Å²) in [7, 11) is 1.61. The van der Waals surface area contributed by atoms with Crippen molar-refractivity contribution in [3.8, 4) is 5.75 Å². The maximum Gasteiger partial charge on any atom is 0.270 e. The summed E-state index contributed by atoms with van der Waals surface area (Å²) in [6.07, 6.45) is 1.28. The molecule has 0 spiro atoms. The Morgan fingerprint density at radius 3 is 2.73 bits per heavy atom. The van der Waals surface area contributed by atoms with Gasteiger partial charge in [-0.1, -0.05) is 23.7 Å². The number of halogens is 1.